The highest BCUT2D eigenvalue weighted by atomic mass is 16.3. The van der Waals surface area contributed by atoms with Gasteiger partial charge in [-0.2, -0.15) is 0 Å². The highest BCUT2D eigenvalue weighted by Crippen LogP contribution is 2.19. The minimum absolute atomic E-state index is 0.427. The molecule has 0 spiro atoms. The first-order valence-corrected chi connectivity index (χ1v) is 5.15. The van der Waals surface area contributed by atoms with Gasteiger partial charge >= 0.3 is 0 Å². The van der Waals surface area contributed by atoms with Crippen LogP contribution in [0.3, 0.4) is 0 Å². The molecule has 2 heterocycles. The van der Waals surface area contributed by atoms with Crippen LogP contribution in [0.25, 0.3) is 0 Å². The Balaban J connectivity index is 2.21. The summed E-state index contributed by atoms with van der Waals surface area (Å²) in [4.78, 5) is 11.2. The zero-order chi connectivity index (χ0) is 11.4. The highest BCUT2D eigenvalue weighted by Gasteiger charge is 2.42. The van der Waals surface area contributed by atoms with Crippen molar-refractivity contribution in [3.8, 4) is 0 Å². The molecule has 2 atom stereocenters. The zero-order valence-electron chi connectivity index (χ0n) is 8.71. The lowest BCUT2D eigenvalue weighted by Crippen LogP contribution is -2.61. The first-order valence-electron chi connectivity index (χ1n) is 5.15. The summed E-state index contributed by atoms with van der Waals surface area (Å²) in [6, 6.07) is -0.854. The van der Waals surface area contributed by atoms with Crippen molar-refractivity contribution in [1.82, 2.24) is 10.6 Å². The fourth-order valence-corrected chi connectivity index (χ4v) is 1.81. The smallest absolute Gasteiger partial charge is 0.167 e. The van der Waals surface area contributed by atoms with Crippen molar-refractivity contribution in [2.24, 2.45) is 0 Å². The van der Waals surface area contributed by atoms with E-state index in [1.807, 2.05) is 12.2 Å². The molecular formula is C12H14N2O2. The molecule has 0 fully saturated rings. The van der Waals surface area contributed by atoms with Crippen LogP contribution in [0.2, 0.25) is 0 Å². The van der Waals surface area contributed by atoms with Crippen LogP contribution < -0.4 is 10.6 Å². The third kappa shape index (κ3) is 1.79. The van der Waals surface area contributed by atoms with Crippen molar-refractivity contribution in [2.75, 3.05) is 0 Å². The Morgan fingerprint density at radius 2 is 1.50 bits per heavy atom. The van der Waals surface area contributed by atoms with E-state index in [0.29, 0.717) is 6.29 Å². The number of allylic oxidation sites excluding steroid dienone is 4. The maximum Gasteiger partial charge on any atom is 0.167 e. The fourth-order valence-electron chi connectivity index (χ4n) is 1.81. The minimum atomic E-state index is -1.50. The second kappa shape index (κ2) is 4.37. The van der Waals surface area contributed by atoms with Crippen molar-refractivity contribution in [3.05, 3.63) is 48.9 Å². The van der Waals surface area contributed by atoms with Gasteiger partial charge in [-0.3, -0.25) is 4.79 Å². The molecule has 2 aliphatic heterocycles. The molecule has 0 saturated heterocycles. The van der Waals surface area contributed by atoms with E-state index in [1.54, 1.807) is 36.7 Å². The van der Waals surface area contributed by atoms with Gasteiger partial charge in [-0.05, 0) is 24.6 Å². The summed E-state index contributed by atoms with van der Waals surface area (Å²) in [6.07, 6.45) is 14.8. The molecule has 2 unspecified atom stereocenters. The number of carbonyl (C=O) groups is 1. The Morgan fingerprint density at radius 1 is 1.00 bits per heavy atom. The van der Waals surface area contributed by atoms with Crippen LogP contribution in [0.1, 0.15) is 0 Å². The molecule has 4 heteroatoms. The van der Waals surface area contributed by atoms with E-state index in [-0.39, 0.29) is 0 Å². The average Bonchev–Trinajstić information content (AvgIpc) is 2.40. The molecular weight excluding hydrogens is 204 g/mol. The van der Waals surface area contributed by atoms with E-state index in [2.05, 4.69) is 10.6 Å². The van der Waals surface area contributed by atoms with E-state index in [0.717, 1.165) is 0 Å². The van der Waals surface area contributed by atoms with Crippen LogP contribution in [0.4, 0.5) is 0 Å². The summed E-state index contributed by atoms with van der Waals surface area (Å²) in [6.45, 7) is 0. The van der Waals surface area contributed by atoms with Crippen LogP contribution in [0.15, 0.2) is 48.9 Å². The third-order valence-corrected chi connectivity index (χ3v) is 2.76. The number of aldehydes is 1. The Bertz CT molecular complexity index is 352. The van der Waals surface area contributed by atoms with Crippen LogP contribution in [-0.4, -0.2) is 29.1 Å². The highest BCUT2D eigenvalue weighted by molar-refractivity contribution is 5.67. The molecule has 0 aromatic rings. The number of carbonyl (C=O) groups excluding carboxylic acids is 1. The summed E-state index contributed by atoms with van der Waals surface area (Å²) in [5.41, 5.74) is -1.50. The van der Waals surface area contributed by atoms with Gasteiger partial charge in [0.15, 0.2) is 11.9 Å². The number of dihydropyridines is 2. The first kappa shape index (κ1) is 10.7. The quantitative estimate of drug-likeness (QED) is 0.584. The Kier molecular flexibility index (Phi) is 2.92. The van der Waals surface area contributed by atoms with Crippen LogP contribution in [0, 0.1) is 0 Å². The molecule has 0 aromatic heterocycles. The second-order valence-electron chi connectivity index (χ2n) is 3.78. The van der Waals surface area contributed by atoms with Gasteiger partial charge < -0.3 is 15.7 Å². The molecule has 3 N–H and O–H groups in total. The van der Waals surface area contributed by atoms with Gasteiger partial charge in [0.25, 0.3) is 0 Å². The van der Waals surface area contributed by atoms with E-state index in [4.69, 9.17) is 0 Å². The predicted octanol–water partition coefficient (Wildman–Crippen LogP) is -0.000200. The maximum atomic E-state index is 11.2. The average molecular weight is 218 g/mol. The van der Waals surface area contributed by atoms with Gasteiger partial charge in [0.2, 0.25) is 0 Å². The van der Waals surface area contributed by atoms with Gasteiger partial charge in [0.05, 0.1) is 12.1 Å². The van der Waals surface area contributed by atoms with E-state index in [1.165, 1.54) is 0 Å². The molecule has 0 bridgehead atoms. The van der Waals surface area contributed by atoms with Crippen LogP contribution in [0.5, 0.6) is 0 Å². The normalized spacial score (nSPS) is 30.3. The topological polar surface area (TPSA) is 61.4 Å². The summed E-state index contributed by atoms with van der Waals surface area (Å²) in [5.74, 6) is 0. The molecule has 0 saturated carbocycles. The molecule has 4 nitrogen and oxygen atoms in total. The number of nitrogens with one attached hydrogen (secondary N) is 2. The summed E-state index contributed by atoms with van der Waals surface area (Å²) >= 11 is 0. The third-order valence-electron chi connectivity index (χ3n) is 2.76. The predicted molar refractivity (Wildman–Crippen MR) is 61.4 cm³/mol. The monoisotopic (exact) mass is 218 g/mol. The molecule has 2 aliphatic rings. The van der Waals surface area contributed by atoms with Crippen molar-refractivity contribution >= 4 is 6.29 Å². The van der Waals surface area contributed by atoms with E-state index in [9.17, 15) is 9.90 Å². The van der Waals surface area contributed by atoms with Crippen LogP contribution >= 0.6 is 0 Å². The van der Waals surface area contributed by atoms with Gasteiger partial charge in [-0.1, -0.05) is 24.3 Å². The summed E-state index contributed by atoms with van der Waals surface area (Å²) in [7, 11) is 0. The van der Waals surface area contributed by atoms with Gasteiger partial charge in [-0.15, -0.1) is 0 Å². The van der Waals surface area contributed by atoms with E-state index < -0.39 is 17.7 Å². The standard InChI is InChI=1S/C12H14N2O2/c15-9-12(16,10-5-1-3-7-13-10)11-6-2-4-8-14-11/h1-11,13-14,16H. The van der Waals surface area contributed by atoms with Gasteiger partial charge in [0, 0.05) is 0 Å². The zero-order valence-corrected chi connectivity index (χ0v) is 8.71. The lowest BCUT2D eigenvalue weighted by Gasteiger charge is -2.36. The number of hydrogen-bond acceptors (Lipinski definition) is 4. The van der Waals surface area contributed by atoms with Crippen LogP contribution in [-0.2, 0) is 4.79 Å². The van der Waals surface area contributed by atoms with Gasteiger partial charge in [0.1, 0.15) is 0 Å². The lowest BCUT2D eigenvalue weighted by atomic mass is 9.85. The largest absolute Gasteiger partial charge is 0.381 e. The maximum absolute atomic E-state index is 11.2. The first-order chi connectivity index (χ1) is 7.77. The van der Waals surface area contributed by atoms with Crippen molar-refractivity contribution < 1.29 is 9.90 Å². The van der Waals surface area contributed by atoms with E-state index >= 15 is 0 Å². The molecule has 0 aromatic carbocycles. The Hall–Kier alpha value is -1.81. The van der Waals surface area contributed by atoms with Crippen molar-refractivity contribution in [2.45, 2.75) is 17.7 Å². The minimum Gasteiger partial charge on any atom is -0.381 e. The molecule has 84 valence electrons. The summed E-state index contributed by atoms with van der Waals surface area (Å²) < 4.78 is 0. The Morgan fingerprint density at radius 3 is 1.81 bits per heavy atom. The fraction of sp³-hybridized carbons (Fsp3) is 0.250. The SMILES string of the molecule is O=CC(O)(C1C=CC=CN1)C1C=CC=CN1. The number of aliphatic hydroxyl groups is 1. The van der Waals surface area contributed by atoms with Crippen molar-refractivity contribution in [1.29, 1.82) is 0 Å². The number of hydrogen-bond donors (Lipinski definition) is 3. The van der Waals surface area contributed by atoms with Gasteiger partial charge in [-0.25, -0.2) is 0 Å². The number of rotatable bonds is 3. The molecule has 16 heavy (non-hydrogen) atoms. The molecule has 0 aliphatic carbocycles. The molecule has 2 rings (SSSR count). The second-order valence-corrected chi connectivity index (χ2v) is 3.78. The Labute approximate surface area is 94.0 Å². The molecule has 0 amide bonds. The molecule has 0 radical (unpaired) electrons. The lowest BCUT2D eigenvalue weighted by molar-refractivity contribution is -0.127. The summed E-state index contributed by atoms with van der Waals surface area (Å²) in [5, 5.41) is 16.3. The van der Waals surface area contributed by atoms with Crippen molar-refractivity contribution in [3.63, 3.8) is 0 Å².